The van der Waals surface area contributed by atoms with E-state index in [-0.39, 0.29) is 5.97 Å². The summed E-state index contributed by atoms with van der Waals surface area (Å²) in [6.45, 7) is 1.75. The van der Waals surface area contributed by atoms with Crippen LogP contribution in [0.15, 0.2) is 0 Å². The van der Waals surface area contributed by atoms with Gasteiger partial charge < -0.3 is 10.5 Å². The van der Waals surface area contributed by atoms with Gasteiger partial charge in [-0.15, -0.1) is 0 Å². The van der Waals surface area contributed by atoms with Gasteiger partial charge in [0.05, 0.1) is 7.11 Å². The van der Waals surface area contributed by atoms with Gasteiger partial charge in [-0.1, -0.05) is 0 Å². The van der Waals surface area contributed by atoms with Gasteiger partial charge in [0.1, 0.15) is 5.54 Å². The maximum Gasteiger partial charge on any atom is 0.327 e. The molecule has 4 nitrogen and oxygen atoms in total. The average Bonchev–Trinajstić information content (AvgIpc) is 2.61. The molecule has 2 rings (SSSR count). The van der Waals surface area contributed by atoms with Gasteiger partial charge in [0, 0.05) is 12.6 Å². The predicted octanol–water partition coefficient (Wildman–Crippen LogP) is -0.275. The van der Waals surface area contributed by atoms with Crippen LogP contribution in [-0.2, 0) is 9.53 Å². The lowest BCUT2D eigenvalue weighted by atomic mass is 9.96. The van der Waals surface area contributed by atoms with E-state index in [0.29, 0.717) is 12.6 Å². The standard InChI is InChI=1S/C9H16N2O2/c1-13-8(12)9(10)5-7-3-2-4-11(7)6-9/h7H,2-6,10H2,1H3. The predicted molar refractivity (Wildman–Crippen MR) is 48.1 cm³/mol. The van der Waals surface area contributed by atoms with E-state index in [1.54, 1.807) is 0 Å². The smallest absolute Gasteiger partial charge is 0.327 e. The minimum atomic E-state index is -0.736. The number of ether oxygens (including phenoxy) is 1. The van der Waals surface area contributed by atoms with Crippen LogP contribution in [0.2, 0.25) is 0 Å². The fourth-order valence-corrected chi connectivity index (χ4v) is 2.53. The highest BCUT2D eigenvalue weighted by Gasteiger charge is 2.48. The van der Waals surface area contributed by atoms with Gasteiger partial charge in [-0.3, -0.25) is 9.69 Å². The molecule has 2 fully saturated rings. The summed E-state index contributed by atoms with van der Waals surface area (Å²) in [5, 5.41) is 0. The number of hydrogen-bond donors (Lipinski definition) is 1. The highest BCUT2D eigenvalue weighted by molar-refractivity contribution is 5.81. The first-order valence-electron chi connectivity index (χ1n) is 4.77. The molecule has 0 radical (unpaired) electrons. The van der Waals surface area contributed by atoms with E-state index < -0.39 is 5.54 Å². The Kier molecular flexibility index (Phi) is 2.04. The third-order valence-electron chi connectivity index (χ3n) is 3.18. The maximum absolute atomic E-state index is 11.4. The van der Waals surface area contributed by atoms with Crippen molar-refractivity contribution in [3.05, 3.63) is 0 Å². The summed E-state index contributed by atoms with van der Waals surface area (Å²) < 4.78 is 4.71. The molecule has 74 valence electrons. The highest BCUT2D eigenvalue weighted by atomic mass is 16.5. The number of carbonyl (C=O) groups excluding carboxylic acids is 1. The van der Waals surface area contributed by atoms with Gasteiger partial charge in [-0.25, -0.2) is 0 Å². The molecule has 2 atom stereocenters. The second-order valence-corrected chi connectivity index (χ2v) is 4.12. The van der Waals surface area contributed by atoms with Crippen LogP contribution in [0.1, 0.15) is 19.3 Å². The van der Waals surface area contributed by atoms with Crippen molar-refractivity contribution >= 4 is 5.97 Å². The van der Waals surface area contributed by atoms with Crippen LogP contribution in [-0.4, -0.2) is 42.6 Å². The van der Waals surface area contributed by atoms with E-state index in [0.717, 1.165) is 13.0 Å². The largest absolute Gasteiger partial charge is 0.468 e. The molecule has 0 saturated carbocycles. The third-order valence-corrected chi connectivity index (χ3v) is 3.18. The van der Waals surface area contributed by atoms with E-state index in [4.69, 9.17) is 10.5 Å². The van der Waals surface area contributed by atoms with Crippen molar-refractivity contribution in [1.82, 2.24) is 4.90 Å². The molecule has 0 amide bonds. The first-order chi connectivity index (χ1) is 6.15. The second-order valence-electron chi connectivity index (χ2n) is 4.12. The summed E-state index contributed by atoms with van der Waals surface area (Å²) in [6, 6.07) is 0.518. The van der Waals surface area contributed by atoms with E-state index >= 15 is 0 Å². The lowest BCUT2D eigenvalue weighted by molar-refractivity contribution is -0.146. The maximum atomic E-state index is 11.4. The highest BCUT2D eigenvalue weighted by Crippen LogP contribution is 2.33. The number of carbonyl (C=O) groups is 1. The minimum Gasteiger partial charge on any atom is -0.468 e. The Morgan fingerprint density at radius 3 is 3.08 bits per heavy atom. The van der Waals surface area contributed by atoms with Crippen LogP contribution in [0.3, 0.4) is 0 Å². The fourth-order valence-electron chi connectivity index (χ4n) is 2.53. The Morgan fingerprint density at radius 2 is 2.46 bits per heavy atom. The van der Waals surface area contributed by atoms with Crippen LogP contribution < -0.4 is 5.73 Å². The molecule has 0 aromatic carbocycles. The summed E-state index contributed by atoms with van der Waals surface area (Å²) in [5.41, 5.74) is 5.25. The fraction of sp³-hybridized carbons (Fsp3) is 0.889. The third kappa shape index (κ3) is 1.34. The van der Waals surface area contributed by atoms with E-state index in [2.05, 4.69) is 4.90 Å². The van der Waals surface area contributed by atoms with E-state index in [1.807, 2.05) is 0 Å². The Morgan fingerprint density at radius 1 is 1.69 bits per heavy atom. The Labute approximate surface area is 78.0 Å². The first-order valence-corrected chi connectivity index (χ1v) is 4.77. The number of rotatable bonds is 1. The zero-order valence-electron chi connectivity index (χ0n) is 7.95. The average molecular weight is 184 g/mol. The first kappa shape index (κ1) is 8.97. The van der Waals surface area contributed by atoms with Crippen LogP contribution in [0.25, 0.3) is 0 Å². The Balaban J connectivity index is 2.08. The molecule has 2 unspecified atom stereocenters. The zero-order chi connectivity index (χ0) is 9.47. The van der Waals surface area contributed by atoms with Gasteiger partial charge in [0.2, 0.25) is 0 Å². The molecule has 2 saturated heterocycles. The number of hydrogen-bond acceptors (Lipinski definition) is 4. The van der Waals surface area contributed by atoms with Crippen molar-refractivity contribution in [2.24, 2.45) is 5.73 Å². The summed E-state index contributed by atoms with van der Waals surface area (Å²) in [6.07, 6.45) is 3.18. The van der Waals surface area contributed by atoms with Crippen molar-refractivity contribution in [3.8, 4) is 0 Å². The van der Waals surface area contributed by atoms with Crippen molar-refractivity contribution in [1.29, 1.82) is 0 Å². The second kappa shape index (κ2) is 2.96. The quantitative estimate of drug-likeness (QED) is 0.570. The lowest BCUT2D eigenvalue weighted by Gasteiger charge is -2.20. The van der Waals surface area contributed by atoms with Crippen molar-refractivity contribution < 1.29 is 9.53 Å². The van der Waals surface area contributed by atoms with Crippen LogP contribution >= 0.6 is 0 Å². The normalized spacial score (nSPS) is 39.1. The molecule has 13 heavy (non-hydrogen) atoms. The van der Waals surface area contributed by atoms with Gasteiger partial charge in [0.25, 0.3) is 0 Å². The molecule has 4 heteroatoms. The van der Waals surface area contributed by atoms with Gasteiger partial charge in [-0.05, 0) is 25.8 Å². The number of fused-ring (bicyclic) bond motifs is 1. The monoisotopic (exact) mass is 184 g/mol. The molecule has 0 spiro atoms. The summed E-state index contributed by atoms with van der Waals surface area (Å²) in [4.78, 5) is 13.7. The Bertz CT molecular complexity index is 218. The minimum absolute atomic E-state index is 0.262. The molecular formula is C9H16N2O2. The van der Waals surface area contributed by atoms with Crippen molar-refractivity contribution in [2.45, 2.75) is 30.8 Å². The van der Waals surface area contributed by atoms with Crippen LogP contribution in [0, 0.1) is 0 Å². The molecule has 2 heterocycles. The molecule has 0 aromatic heterocycles. The van der Waals surface area contributed by atoms with Gasteiger partial charge in [0.15, 0.2) is 0 Å². The molecule has 2 N–H and O–H groups in total. The lowest BCUT2D eigenvalue weighted by Crippen LogP contribution is -2.51. The Hall–Kier alpha value is -0.610. The van der Waals surface area contributed by atoms with Crippen LogP contribution in [0.5, 0.6) is 0 Å². The molecule has 0 aromatic rings. The van der Waals surface area contributed by atoms with Crippen LogP contribution in [0.4, 0.5) is 0 Å². The molecule has 0 bridgehead atoms. The number of esters is 1. The SMILES string of the molecule is COC(=O)C1(N)CC2CCCN2C1. The molecule has 2 aliphatic heterocycles. The van der Waals surface area contributed by atoms with Gasteiger partial charge >= 0.3 is 5.97 Å². The summed E-state index contributed by atoms with van der Waals surface area (Å²) >= 11 is 0. The topological polar surface area (TPSA) is 55.6 Å². The number of nitrogens with zero attached hydrogens (tertiary/aromatic N) is 1. The van der Waals surface area contributed by atoms with Crippen molar-refractivity contribution in [3.63, 3.8) is 0 Å². The molecule has 0 aliphatic carbocycles. The summed E-state index contributed by atoms with van der Waals surface area (Å²) in [5.74, 6) is -0.262. The zero-order valence-corrected chi connectivity index (χ0v) is 7.95. The molecule has 2 aliphatic rings. The van der Waals surface area contributed by atoms with E-state index in [9.17, 15) is 4.79 Å². The molecular weight excluding hydrogens is 168 g/mol. The summed E-state index contributed by atoms with van der Waals surface area (Å²) in [7, 11) is 1.40. The number of methoxy groups -OCH3 is 1. The van der Waals surface area contributed by atoms with Gasteiger partial charge in [-0.2, -0.15) is 0 Å². The number of nitrogens with two attached hydrogens (primary N) is 1. The van der Waals surface area contributed by atoms with Crippen molar-refractivity contribution in [2.75, 3.05) is 20.2 Å². The van der Waals surface area contributed by atoms with E-state index in [1.165, 1.54) is 20.0 Å².